The Morgan fingerprint density at radius 1 is 1.57 bits per heavy atom. The van der Waals surface area contributed by atoms with Gasteiger partial charge >= 0.3 is 0 Å². The van der Waals surface area contributed by atoms with Gasteiger partial charge in [-0.2, -0.15) is 5.10 Å². The number of rotatable bonds is 1. The summed E-state index contributed by atoms with van der Waals surface area (Å²) in [4.78, 5) is 10.1. The molecular weight excluding hydrogens is 320 g/mol. The number of halogens is 2. The van der Waals surface area contributed by atoms with E-state index >= 15 is 0 Å². The van der Waals surface area contributed by atoms with Crippen LogP contribution < -0.4 is 0 Å². The van der Waals surface area contributed by atoms with E-state index in [1.807, 2.05) is 22.6 Å². The highest BCUT2D eigenvalue weighted by molar-refractivity contribution is 14.1. The maximum atomic E-state index is 10.6. The first-order chi connectivity index (χ1) is 6.61. The van der Waals surface area contributed by atoms with Gasteiger partial charge < -0.3 is 0 Å². The molecule has 0 aliphatic rings. The lowest BCUT2D eigenvalue weighted by Gasteiger charge is -1.95. The van der Waals surface area contributed by atoms with Gasteiger partial charge in [-0.25, -0.2) is 0 Å². The number of nitro groups is 1. The fraction of sp³-hybridized carbons (Fsp3) is 0. The Balaban J connectivity index is 2.86. The number of aromatic amines is 1. The Morgan fingerprint density at radius 3 is 2.93 bits per heavy atom. The van der Waals surface area contributed by atoms with Crippen molar-refractivity contribution in [1.29, 1.82) is 0 Å². The standard InChI is InChI=1S/C7H3ClIN3O2/c8-6-4(12(13)14)2-1-3-5(6)7(9)11-10-3/h1-2H,(H,10,11). The molecule has 0 saturated heterocycles. The topological polar surface area (TPSA) is 71.8 Å². The lowest BCUT2D eigenvalue weighted by molar-refractivity contribution is -0.384. The largest absolute Gasteiger partial charge is 0.288 e. The summed E-state index contributed by atoms with van der Waals surface area (Å²) in [5.41, 5.74) is 0.531. The number of nitro benzene ring substituents is 1. The summed E-state index contributed by atoms with van der Waals surface area (Å²) in [5, 5.41) is 18.0. The highest BCUT2D eigenvalue weighted by Crippen LogP contribution is 2.33. The molecule has 1 heterocycles. The molecule has 0 spiro atoms. The molecule has 5 nitrogen and oxygen atoms in total. The van der Waals surface area contributed by atoms with Gasteiger partial charge in [0.2, 0.25) is 0 Å². The minimum Gasteiger partial charge on any atom is -0.271 e. The van der Waals surface area contributed by atoms with Gasteiger partial charge in [-0.05, 0) is 28.7 Å². The van der Waals surface area contributed by atoms with Crippen LogP contribution in [0.15, 0.2) is 12.1 Å². The highest BCUT2D eigenvalue weighted by atomic mass is 127. The summed E-state index contributed by atoms with van der Waals surface area (Å²) < 4.78 is 0.700. The molecule has 0 aliphatic carbocycles. The lowest BCUT2D eigenvalue weighted by Crippen LogP contribution is -1.89. The molecule has 0 unspecified atom stereocenters. The third kappa shape index (κ3) is 1.34. The van der Waals surface area contributed by atoms with Crippen LogP contribution >= 0.6 is 34.2 Å². The second kappa shape index (κ2) is 3.35. The van der Waals surface area contributed by atoms with Crippen molar-refractivity contribution in [2.24, 2.45) is 0 Å². The first-order valence-corrected chi connectivity index (χ1v) is 5.03. The van der Waals surface area contributed by atoms with Crippen molar-refractivity contribution in [3.8, 4) is 0 Å². The first kappa shape index (κ1) is 9.66. The van der Waals surface area contributed by atoms with E-state index in [1.165, 1.54) is 6.07 Å². The maximum Gasteiger partial charge on any atom is 0.288 e. The number of fused-ring (bicyclic) bond motifs is 1. The number of nitrogens with zero attached hydrogens (tertiary/aromatic N) is 2. The Morgan fingerprint density at radius 2 is 2.29 bits per heavy atom. The fourth-order valence-electron chi connectivity index (χ4n) is 1.16. The van der Waals surface area contributed by atoms with Crippen LogP contribution in [0.4, 0.5) is 5.69 Å². The molecular formula is C7H3ClIN3O2. The molecule has 14 heavy (non-hydrogen) atoms. The van der Waals surface area contributed by atoms with Crippen LogP contribution in [0.5, 0.6) is 0 Å². The van der Waals surface area contributed by atoms with Gasteiger partial charge in [0.05, 0.1) is 15.8 Å². The number of hydrogen-bond donors (Lipinski definition) is 1. The average Bonchev–Trinajstić information content (AvgIpc) is 2.48. The van der Waals surface area contributed by atoms with Gasteiger partial charge in [-0.3, -0.25) is 15.2 Å². The zero-order chi connectivity index (χ0) is 10.3. The molecule has 0 aliphatic heterocycles. The van der Waals surface area contributed by atoms with Crippen LogP contribution in [0.3, 0.4) is 0 Å². The number of H-pyrrole nitrogens is 1. The molecule has 2 aromatic rings. The first-order valence-electron chi connectivity index (χ1n) is 3.57. The van der Waals surface area contributed by atoms with Crippen LogP contribution in [0.25, 0.3) is 10.9 Å². The molecule has 7 heteroatoms. The van der Waals surface area contributed by atoms with Crippen molar-refractivity contribution in [3.05, 3.63) is 31.0 Å². The van der Waals surface area contributed by atoms with E-state index in [0.717, 1.165) is 0 Å². The Bertz CT molecular complexity index is 525. The molecule has 1 aromatic carbocycles. The highest BCUT2D eigenvalue weighted by Gasteiger charge is 2.18. The zero-order valence-electron chi connectivity index (χ0n) is 6.62. The van der Waals surface area contributed by atoms with E-state index in [1.54, 1.807) is 6.07 Å². The van der Waals surface area contributed by atoms with Crippen molar-refractivity contribution in [1.82, 2.24) is 10.2 Å². The average molecular weight is 323 g/mol. The molecule has 1 aromatic heterocycles. The van der Waals surface area contributed by atoms with Crippen LogP contribution in [0.2, 0.25) is 5.02 Å². The number of hydrogen-bond acceptors (Lipinski definition) is 3. The SMILES string of the molecule is O=[N+]([O-])c1ccc2n[nH]c(I)c2c1Cl. The van der Waals surface area contributed by atoms with E-state index in [2.05, 4.69) is 10.2 Å². The van der Waals surface area contributed by atoms with Crippen LogP contribution in [-0.2, 0) is 0 Å². The van der Waals surface area contributed by atoms with Crippen LogP contribution in [-0.4, -0.2) is 15.1 Å². The molecule has 0 amide bonds. The van der Waals surface area contributed by atoms with E-state index in [-0.39, 0.29) is 10.7 Å². The maximum absolute atomic E-state index is 10.6. The summed E-state index contributed by atoms with van der Waals surface area (Å²) in [6.45, 7) is 0. The Kier molecular flexibility index (Phi) is 2.31. The van der Waals surface area contributed by atoms with Gasteiger partial charge in [0, 0.05) is 6.07 Å². The quantitative estimate of drug-likeness (QED) is 0.498. The van der Waals surface area contributed by atoms with Crippen molar-refractivity contribution in [2.45, 2.75) is 0 Å². The van der Waals surface area contributed by atoms with Crippen molar-refractivity contribution >= 4 is 50.8 Å². The third-order valence-corrected chi connectivity index (χ3v) is 2.95. The predicted octanol–water partition coefficient (Wildman–Crippen LogP) is 2.73. The number of benzene rings is 1. The van der Waals surface area contributed by atoms with Gasteiger partial charge in [-0.15, -0.1) is 0 Å². The monoisotopic (exact) mass is 323 g/mol. The second-order valence-corrected chi connectivity index (χ2v) is 4.04. The molecule has 72 valence electrons. The van der Waals surface area contributed by atoms with Crippen molar-refractivity contribution in [2.75, 3.05) is 0 Å². The Hall–Kier alpha value is -0.890. The fourth-order valence-corrected chi connectivity index (χ4v) is 2.31. The predicted molar refractivity (Wildman–Crippen MR) is 60.5 cm³/mol. The molecule has 2 rings (SSSR count). The summed E-state index contributed by atoms with van der Waals surface area (Å²) >= 11 is 7.87. The molecule has 0 fully saturated rings. The van der Waals surface area contributed by atoms with Crippen LogP contribution in [0, 0.1) is 13.8 Å². The Labute approximate surface area is 96.7 Å². The second-order valence-electron chi connectivity index (χ2n) is 2.59. The number of nitrogens with one attached hydrogen (secondary N) is 1. The smallest absolute Gasteiger partial charge is 0.271 e. The third-order valence-electron chi connectivity index (χ3n) is 1.79. The van der Waals surface area contributed by atoms with Gasteiger partial charge in [0.1, 0.15) is 8.72 Å². The molecule has 0 saturated carbocycles. The molecule has 0 atom stereocenters. The van der Waals surface area contributed by atoms with Crippen LogP contribution in [0.1, 0.15) is 0 Å². The van der Waals surface area contributed by atoms with Gasteiger partial charge in [0.15, 0.2) is 0 Å². The van der Waals surface area contributed by atoms with E-state index in [0.29, 0.717) is 14.6 Å². The van der Waals surface area contributed by atoms with E-state index < -0.39 is 4.92 Å². The summed E-state index contributed by atoms with van der Waals surface area (Å²) in [7, 11) is 0. The van der Waals surface area contributed by atoms with E-state index in [9.17, 15) is 10.1 Å². The summed E-state index contributed by atoms with van der Waals surface area (Å²) in [6, 6.07) is 2.92. The minimum absolute atomic E-state index is 0.0986. The summed E-state index contributed by atoms with van der Waals surface area (Å²) in [5.74, 6) is 0. The molecule has 0 radical (unpaired) electrons. The minimum atomic E-state index is -0.509. The summed E-state index contributed by atoms with van der Waals surface area (Å²) in [6.07, 6.45) is 0. The molecule has 1 N–H and O–H groups in total. The van der Waals surface area contributed by atoms with Gasteiger partial charge in [0.25, 0.3) is 5.69 Å². The lowest BCUT2D eigenvalue weighted by atomic mass is 10.2. The zero-order valence-corrected chi connectivity index (χ0v) is 9.53. The van der Waals surface area contributed by atoms with E-state index in [4.69, 9.17) is 11.6 Å². The normalized spacial score (nSPS) is 10.7. The molecule has 0 bridgehead atoms. The number of aromatic nitrogens is 2. The van der Waals surface area contributed by atoms with Gasteiger partial charge in [-0.1, -0.05) is 11.6 Å². The van der Waals surface area contributed by atoms with Crippen molar-refractivity contribution < 1.29 is 4.92 Å². The van der Waals surface area contributed by atoms with Crippen molar-refractivity contribution in [3.63, 3.8) is 0 Å².